The summed E-state index contributed by atoms with van der Waals surface area (Å²) in [6.45, 7) is 4.22. The van der Waals surface area contributed by atoms with Crippen molar-refractivity contribution in [2.45, 2.75) is 225 Å². The van der Waals surface area contributed by atoms with E-state index in [1.165, 1.54) is 103 Å². The predicted octanol–water partition coefficient (Wildman–Crippen LogP) is 16.0. The zero-order valence-corrected chi connectivity index (χ0v) is 38.5. The SMILES string of the molecule is CC/C=C\C/C=C\C/C=C\C/C=C\C/C=C\C/C=C\C/C=C\C/C=C\C/C=C\CCCC(=O)NC(CO)C(O)CCCCCCCCCCCCCCCCCCCC. The van der Waals surface area contributed by atoms with Crippen LogP contribution in [0.25, 0.3) is 0 Å². The molecule has 0 aromatic carbocycles. The Morgan fingerprint density at radius 2 is 0.729 bits per heavy atom. The monoisotopic (exact) mass is 816 g/mol. The topological polar surface area (TPSA) is 69.6 Å². The fourth-order valence-corrected chi connectivity index (χ4v) is 6.83. The highest BCUT2D eigenvalue weighted by Crippen LogP contribution is 2.15. The molecule has 59 heavy (non-hydrogen) atoms. The standard InChI is InChI=1S/C55H93NO3/c1-3-5-7-9-11-13-15-17-19-21-23-24-25-26-27-28-29-30-31-32-33-35-37-39-41-43-45-47-49-51-55(59)56-53(52-57)54(58)50-48-46-44-42-40-38-36-34-22-20-18-16-14-12-10-8-6-4-2/h5,7,11,13,17,19,23-24,26-27,29-30,32-33,37,39,43,45,53-54,57-58H,3-4,6,8-10,12,14-16,18,20-22,25,28,31,34-36,38,40-42,44,46-52H2,1-2H3,(H,56,59)/b7-5-,13-11-,19-17-,24-23-,27-26-,30-29-,33-32-,39-37-,45-43-. The molecule has 0 aliphatic carbocycles. The van der Waals surface area contributed by atoms with Crippen molar-refractivity contribution < 1.29 is 15.0 Å². The van der Waals surface area contributed by atoms with Gasteiger partial charge in [-0.2, -0.15) is 0 Å². The highest BCUT2D eigenvalue weighted by atomic mass is 16.3. The van der Waals surface area contributed by atoms with Crippen LogP contribution in [0.4, 0.5) is 0 Å². The summed E-state index contributed by atoms with van der Waals surface area (Å²) in [4.78, 5) is 12.4. The molecule has 0 aromatic rings. The number of aliphatic hydroxyl groups excluding tert-OH is 2. The van der Waals surface area contributed by atoms with E-state index in [1.54, 1.807) is 0 Å². The maximum absolute atomic E-state index is 12.4. The van der Waals surface area contributed by atoms with E-state index in [-0.39, 0.29) is 12.5 Å². The molecule has 0 aliphatic rings. The smallest absolute Gasteiger partial charge is 0.220 e. The second kappa shape index (κ2) is 49.4. The predicted molar refractivity (Wildman–Crippen MR) is 262 cm³/mol. The fourth-order valence-electron chi connectivity index (χ4n) is 6.83. The summed E-state index contributed by atoms with van der Waals surface area (Å²) in [5.74, 6) is -0.0926. The minimum absolute atomic E-state index is 0.0926. The van der Waals surface area contributed by atoms with Crippen molar-refractivity contribution in [3.05, 3.63) is 109 Å². The van der Waals surface area contributed by atoms with Crippen LogP contribution in [0.5, 0.6) is 0 Å². The first-order chi connectivity index (χ1) is 29.2. The number of allylic oxidation sites excluding steroid dienone is 18. The summed E-state index contributed by atoms with van der Waals surface area (Å²) in [7, 11) is 0. The van der Waals surface area contributed by atoms with Gasteiger partial charge in [0, 0.05) is 6.42 Å². The van der Waals surface area contributed by atoms with Gasteiger partial charge in [0.1, 0.15) is 0 Å². The molecule has 0 bridgehead atoms. The molecule has 4 heteroatoms. The van der Waals surface area contributed by atoms with Crippen LogP contribution in [0.2, 0.25) is 0 Å². The van der Waals surface area contributed by atoms with Crippen molar-refractivity contribution >= 4 is 5.91 Å². The lowest BCUT2D eigenvalue weighted by molar-refractivity contribution is -0.123. The normalized spacial score (nSPS) is 13.9. The Morgan fingerprint density at radius 3 is 1.05 bits per heavy atom. The van der Waals surface area contributed by atoms with Gasteiger partial charge in [-0.05, 0) is 77.0 Å². The van der Waals surface area contributed by atoms with Gasteiger partial charge in [-0.1, -0.05) is 239 Å². The molecule has 0 heterocycles. The van der Waals surface area contributed by atoms with Gasteiger partial charge in [-0.25, -0.2) is 0 Å². The Hall–Kier alpha value is -2.95. The Kier molecular flexibility index (Phi) is 46.9. The molecule has 1 amide bonds. The van der Waals surface area contributed by atoms with Crippen LogP contribution in [0.1, 0.15) is 213 Å². The van der Waals surface area contributed by atoms with Gasteiger partial charge in [-0.3, -0.25) is 4.79 Å². The van der Waals surface area contributed by atoms with Crippen molar-refractivity contribution in [2.24, 2.45) is 0 Å². The van der Waals surface area contributed by atoms with Crippen LogP contribution >= 0.6 is 0 Å². The summed E-state index contributed by atoms with van der Waals surface area (Å²) in [5, 5.41) is 23.2. The number of rotatable bonds is 43. The van der Waals surface area contributed by atoms with E-state index in [1.807, 2.05) is 0 Å². The van der Waals surface area contributed by atoms with Gasteiger partial charge in [0.15, 0.2) is 0 Å². The van der Waals surface area contributed by atoms with Crippen molar-refractivity contribution in [2.75, 3.05) is 6.61 Å². The van der Waals surface area contributed by atoms with Crippen molar-refractivity contribution in [3.8, 4) is 0 Å². The summed E-state index contributed by atoms with van der Waals surface area (Å²) in [6.07, 6.45) is 74.7. The van der Waals surface area contributed by atoms with Crippen LogP contribution in [-0.4, -0.2) is 34.9 Å². The molecule has 336 valence electrons. The Bertz CT molecular complexity index is 1150. The quantitative estimate of drug-likeness (QED) is 0.0424. The second-order valence-corrected chi connectivity index (χ2v) is 16.2. The van der Waals surface area contributed by atoms with Crippen molar-refractivity contribution in [1.82, 2.24) is 5.32 Å². The zero-order valence-electron chi connectivity index (χ0n) is 38.5. The number of hydrogen-bond acceptors (Lipinski definition) is 3. The molecule has 4 nitrogen and oxygen atoms in total. The Labute approximate surface area is 366 Å². The number of carbonyl (C=O) groups is 1. The highest BCUT2D eigenvalue weighted by Gasteiger charge is 2.19. The van der Waals surface area contributed by atoms with E-state index in [9.17, 15) is 15.0 Å². The van der Waals surface area contributed by atoms with E-state index in [2.05, 4.69) is 129 Å². The van der Waals surface area contributed by atoms with Crippen LogP contribution in [0.3, 0.4) is 0 Å². The van der Waals surface area contributed by atoms with E-state index in [4.69, 9.17) is 0 Å². The van der Waals surface area contributed by atoms with Gasteiger partial charge in [0.2, 0.25) is 5.91 Å². The lowest BCUT2D eigenvalue weighted by atomic mass is 10.0. The highest BCUT2D eigenvalue weighted by molar-refractivity contribution is 5.76. The Morgan fingerprint density at radius 1 is 0.424 bits per heavy atom. The zero-order chi connectivity index (χ0) is 42.8. The van der Waals surface area contributed by atoms with Crippen molar-refractivity contribution in [1.29, 1.82) is 0 Å². The van der Waals surface area contributed by atoms with Crippen LogP contribution in [0.15, 0.2) is 109 Å². The number of unbranched alkanes of at least 4 members (excludes halogenated alkanes) is 18. The molecule has 0 fully saturated rings. The lowest BCUT2D eigenvalue weighted by Gasteiger charge is -2.22. The van der Waals surface area contributed by atoms with Gasteiger partial charge in [0.25, 0.3) is 0 Å². The number of hydrogen-bond donors (Lipinski definition) is 3. The van der Waals surface area contributed by atoms with Crippen LogP contribution < -0.4 is 5.32 Å². The van der Waals surface area contributed by atoms with Gasteiger partial charge in [0.05, 0.1) is 18.8 Å². The first-order valence-electron chi connectivity index (χ1n) is 24.6. The molecule has 0 rings (SSSR count). The molecular formula is C55H93NO3. The number of aliphatic hydroxyl groups is 2. The third-order valence-corrected chi connectivity index (χ3v) is 10.5. The summed E-state index contributed by atoms with van der Waals surface area (Å²) in [5.41, 5.74) is 0. The van der Waals surface area contributed by atoms with Crippen molar-refractivity contribution in [3.63, 3.8) is 0 Å². The maximum Gasteiger partial charge on any atom is 0.220 e. The molecule has 0 spiro atoms. The first-order valence-corrected chi connectivity index (χ1v) is 24.6. The summed E-state index contributed by atoms with van der Waals surface area (Å²) >= 11 is 0. The molecule has 0 saturated carbocycles. The molecular weight excluding hydrogens is 723 g/mol. The largest absolute Gasteiger partial charge is 0.394 e. The van der Waals surface area contributed by atoms with E-state index >= 15 is 0 Å². The van der Waals surface area contributed by atoms with E-state index in [0.717, 1.165) is 83.5 Å². The summed E-state index contributed by atoms with van der Waals surface area (Å²) < 4.78 is 0. The first kappa shape index (κ1) is 56.0. The molecule has 3 N–H and O–H groups in total. The van der Waals surface area contributed by atoms with Crippen LogP contribution in [0, 0.1) is 0 Å². The fraction of sp³-hybridized carbons (Fsp3) is 0.655. The average Bonchev–Trinajstić information content (AvgIpc) is 3.24. The third kappa shape index (κ3) is 46.0. The molecule has 0 saturated heterocycles. The minimum Gasteiger partial charge on any atom is -0.394 e. The third-order valence-electron chi connectivity index (χ3n) is 10.5. The maximum atomic E-state index is 12.4. The number of carbonyl (C=O) groups excluding carboxylic acids is 1. The molecule has 0 aliphatic heterocycles. The number of amides is 1. The molecule has 0 radical (unpaired) electrons. The summed E-state index contributed by atoms with van der Waals surface area (Å²) in [6, 6.07) is -0.575. The van der Waals surface area contributed by atoms with Gasteiger partial charge < -0.3 is 15.5 Å². The Balaban J connectivity index is 3.71. The van der Waals surface area contributed by atoms with Gasteiger partial charge >= 0.3 is 0 Å². The average molecular weight is 816 g/mol. The van der Waals surface area contributed by atoms with E-state index in [0.29, 0.717) is 12.8 Å². The van der Waals surface area contributed by atoms with E-state index < -0.39 is 12.1 Å². The lowest BCUT2D eigenvalue weighted by Crippen LogP contribution is -2.45. The van der Waals surface area contributed by atoms with Gasteiger partial charge in [-0.15, -0.1) is 0 Å². The molecule has 2 atom stereocenters. The minimum atomic E-state index is -0.691. The molecule has 0 aromatic heterocycles. The second-order valence-electron chi connectivity index (χ2n) is 16.2. The molecule has 2 unspecified atom stereocenters. The van der Waals surface area contributed by atoms with Crippen LogP contribution in [-0.2, 0) is 4.79 Å². The number of nitrogens with one attached hydrogen (secondary N) is 1.